The van der Waals surface area contributed by atoms with Gasteiger partial charge < -0.3 is 29.7 Å². The van der Waals surface area contributed by atoms with Crippen molar-refractivity contribution in [3.05, 3.63) is 60.3 Å². The molecular weight excluding hydrogens is 546 g/mol. The fraction of sp³-hybridized carbons (Fsp3) is 0.438. The number of amides is 1. The quantitative estimate of drug-likeness (QED) is 0.409. The molecule has 3 aliphatic heterocycles. The number of hydrogen-bond donors (Lipinski definition) is 2. The van der Waals surface area contributed by atoms with E-state index in [0.29, 0.717) is 60.5 Å². The van der Waals surface area contributed by atoms with Gasteiger partial charge in [0.05, 0.1) is 24.8 Å². The summed E-state index contributed by atoms with van der Waals surface area (Å²) in [6.45, 7) is 8.37. The van der Waals surface area contributed by atoms with Gasteiger partial charge in [-0.2, -0.15) is 5.26 Å². The smallest absolute Gasteiger partial charge is 0.251 e. The average molecular weight is 584 g/mol. The Morgan fingerprint density at radius 1 is 1.07 bits per heavy atom. The third-order valence-corrected chi connectivity index (χ3v) is 8.37. The monoisotopic (exact) mass is 583 g/mol. The van der Waals surface area contributed by atoms with Gasteiger partial charge in [-0.05, 0) is 55.5 Å². The number of benzene rings is 2. The molecule has 0 aliphatic carbocycles. The molecule has 3 saturated heterocycles. The lowest BCUT2D eigenvalue weighted by Crippen LogP contribution is -2.56. The van der Waals surface area contributed by atoms with Crippen LogP contribution in [-0.2, 0) is 9.53 Å². The SMILES string of the molecule is C[C@H](O)C(=O)N1CCC(Oc2ccc(-c3nccc(Nc4ccc(N5CCN(C6COC6)CC5)cc4)n3)cc2C#N)CC1. The first-order valence-electron chi connectivity index (χ1n) is 14.9. The summed E-state index contributed by atoms with van der Waals surface area (Å²) in [4.78, 5) is 27.8. The highest BCUT2D eigenvalue weighted by atomic mass is 16.5. The maximum atomic E-state index is 12.0. The van der Waals surface area contributed by atoms with E-state index >= 15 is 0 Å². The zero-order chi connectivity index (χ0) is 29.8. The number of piperazine rings is 1. The molecule has 11 heteroatoms. The molecular formula is C32H37N7O4. The molecule has 0 saturated carbocycles. The largest absolute Gasteiger partial charge is 0.489 e. The van der Waals surface area contributed by atoms with Crippen molar-refractivity contribution in [1.29, 1.82) is 5.26 Å². The van der Waals surface area contributed by atoms with Gasteiger partial charge in [-0.1, -0.05) is 0 Å². The van der Waals surface area contributed by atoms with Crippen molar-refractivity contribution in [2.24, 2.45) is 0 Å². The number of ether oxygens (including phenoxy) is 2. The average Bonchev–Trinajstić information content (AvgIpc) is 3.01. The van der Waals surface area contributed by atoms with Crippen molar-refractivity contribution < 1.29 is 19.4 Å². The van der Waals surface area contributed by atoms with Gasteiger partial charge >= 0.3 is 0 Å². The number of nitriles is 1. The number of carbonyl (C=O) groups is 1. The number of aromatic nitrogens is 2. The topological polar surface area (TPSA) is 127 Å². The molecule has 6 rings (SSSR count). The van der Waals surface area contributed by atoms with Gasteiger partial charge in [0, 0.05) is 75.2 Å². The zero-order valence-corrected chi connectivity index (χ0v) is 24.4. The van der Waals surface area contributed by atoms with Crippen molar-refractivity contribution in [3.8, 4) is 23.2 Å². The number of piperidine rings is 1. The van der Waals surface area contributed by atoms with Gasteiger partial charge in [0.2, 0.25) is 0 Å². The molecule has 0 radical (unpaired) electrons. The fourth-order valence-electron chi connectivity index (χ4n) is 5.75. The number of anilines is 3. The van der Waals surface area contributed by atoms with Gasteiger partial charge in [-0.25, -0.2) is 9.97 Å². The summed E-state index contributed by atoms with van der Waals surface area (Å²) in [6, 6.07) is 18.4. The van der Waals surface area contributed by atoms with Crippen molar-refractivity contribution in [1.82, 2.24) is 19.8 Å². The Hall–Kier alpha value is -4.24. The second-order valence-corrected chi connectivity index (χ2v) is 11.3. The molecule has 0 bridgehead atoms. The Labute approximate surface area is 251 Å². The van der Waals surface area contributed by atoms with Crippen LogP contribution in [0.5, 0.6) is 5.75 Å². The number of hydrogen-bond acceptors (Lipinski definition) is 10. The van der Waals surface area contributed by atoms with Crippen LogP contribution in [0.1, 0.15) is 25.3 Å². The van der Waals surface area contributed by atoms with E-state index in [9.17, 15) is 15.2 Å². The van der Waals surface area contributed by atoms with E-state index < -0.39 is 6.10 Å². The summed E-state index contributed by atoms with van der Waals surface area (Å²) in [5, 5.41) is 22.8. The van der Waals surface area contributed by atoms with E-state index in [-0.39, 0.29) is 12.0 Å². The molecule has 43 heavy (non-hydrogen) atoms. The molecule has 4 heterocycles. The second-order valence-electron chi connectivity index (χ2n) is 11.3. The zero-order valence-electron chi connectivity index (χ0n) is 24.4. The first-order valence-corrected chi connectivity index (χ1v) is 14.9. The van der Waals surface area contributed by atoms with Gasteiger partial charge in [-0.3, -0.25) is 9.69 Å². The summed E-state index contributed by atoms with van der Waals surface area (Å²) in [5.74, 6) is 1.40. The predicted octanol–water partition coefficient (Wildman–Crippen LogP) is 3.03. The summed E-state index contributed by atoms with van der Waals surface area (Å²) < 4.78 is 11.5. The molecule has 1 atom stereocenters. The van der Waals surface area contributed by atoms with Crippen LogP contribution >= 0.6 is 0 Å². The highest BCUT2D eigenvalue weighted by Crippen LogP contribution is 2.29. The van der Waals surface area contributed by atoms with Crippen LogP contribution in [-0.4, -0.2) is 102 Å². The number of aliphatic hydroxyl groups excluding tert-OH is 1. The lowest BCUT2D eigenvalue weighted by molar-refractivity contribution is -0.141. The van der Waals surface area contributed by atoms with Crippen LogP contribution in [0.2, 0.25) is 0 Å². The van der Waals surface area contributed by atoms with Crippen LogP contribution in [0.3, 0.4) is 0 Å². The third kappa shape index (κ3) is 6.72. The van der Waals surface area contributed by atoms with E-state index in [1.165, 1.54) is 12.6 Å². The first kappa shape index (κ1) is 28.9. The van der Waals surface area contributed by atoms with E-state index in [0.717, 1.165) is 45.1 Å². The molecule has 2 N–H and O–H groups in total. The standard InChI is InChI=1S/C32H37N7O4/c1-22(40)32(41)39-12-9-28(10-13-39)43-29-7-2-23(18-24(29)19-33)31-34-11-8-30(36-31)35-25-3-5-26(6-4-25)37-14-16-38(17-15-37)27-20-42-21-27/h2-8,11,18,22,27-28,40H,9-10,12-17,20-21H2,1H3,(H,34,35,36)/t22-/m0/s1. The van der Waals surface area contributed by atoms with Crippen LogP contribution in [0.15, 0.2) is 54.7 Å². The normalized spacial score (nSPS) is 18.9. The lowest BCUT2D eigenvalue weighted by atomic mass is 10.1. The molecule has 1 amide bonds. The van der Waals surface area contributed by atoms with Gasteiger partial charge in [-0.15, -0.1) is 0 Å². The predicted molar refractivity (Wildman–Crippen MR) is 162 cm³/mol. The fourth-order valence-corrected chi connectivity index (χ4v) is 5.75. The maximum absolute atomic E-state index is 12.0. The Balaban J connectivity index is 1.06. The Morgan fingerprint density at radius 3 is 2.47 bits per heavy atom. The van der Waals surface area contributed by atoms with Crippen molar-refractivity contribution in [2.45, 2.75) is 38.0 Å². The number of carbonyl (C=O) groups excluding carboxylic acids is 1. The van der Waals surface area contributed by atoms with Crippen LogP contribution in [0, 0.1) is 11.3 Å². The molecule has 224 valence electrons. The minimum Gasteiger partial charge on any atom is -0.489 e. The molecule has 2 aromatic carbocycles. The first-order chi connectivity index (χ1) is 21.0. The highest BCUT2D eigenvalue weighted by Gasteiger charge is 2.29. The Morgan fingerprint density at radius 2 is 1.81 bits per heavy atom. The minimum atomic E-state index is -1.00. The summed E-state index contributed by atoms with van der Waals surface area (Å²) in [5.41, 5.74) is 3.26. The lowest BCUT2D eigenvalue weighted by Gasteiger charge is -2.43. The highest BCUT2D eigenvalue weighted by molar-refractivity contribution is 5.80. The van der Waals surface area contributed by atoms with Gasteiger partial charge in [0.25, 0.3) is 5.91 Å². The number of nitrogens with one attached hydrogen (secondary N) is 1. The third-order valence-electron chi connectivity index (χ3n) is 8.37. The molecule has 11 nitrogen and oxygen atoms in total. The number of rotatable bonds is 8. The molecule has 1 aromatic heterocycles. The van der Waals surface area contributed by atoms with Crippen LogP contribution in [0.25, 0.3) is 11.4 Å². The maximum Gasteiger partial charge on any atom is 0.251 e. The van der Waals surface area contributed by atoms with E-state index in [2.05, 4.69) is 50.4 Å². The van der Waals surface area contributed by atoms with Crippen molar-refractivity contribution in [3.63, 3.8) is 0 Å². The summed E-state index contributed by atoms with van der Waals surface area (Å²) in [7, 11) is 0. The Bertz CT molecular complexity index is 1460. The minimum absolute atomic E-state index is 0.113. The van der Waals surface area contributed by atoms with Gasteiger partial charge in [0.15, 0.2) is 5.82 Å². The Kier molecular flexibility index (Phi) is 8.69. The molecule has 3 aromatic rings. The van der Waals surface area contributed by atoms with Crippen molar-refractivity contribution >= 4 is 23.1 Å². The van der Waals surface area contributed by atoms with E-state index in [1.54, 1.807) is 23.2 Å². The summed E-state index contributed by atoms with van der Waals surface area (Å²) in [6.07, 6.45) is 1.85. The van der Waals surface area contributed by atoms with Crippen LogP contribution < -0.4 is 15.0 Å². The molecule has 3 fully saturated rings. The molecule has 0 spiro atoms. The van der Waals surface area contributed by atoms with Crippen LogP contribution in [0.4, 0.5) is 17.2 Å². The summed E-state index contributed by atoms with van der Waals surface area (Å²) >= 11 is 0. The van der Waals surface area contributed by atoms with Crippen molar-refractivity contribution in [2.75, 3.05) is 62.7 Å². The van der Waals surface area contributed by atoms with E-state index in [4.69, 9.17) is 14.5 Å². The number of aliphatic hydroxyl groups is 1. The second kappa shape index (κ2) is 13.0. The van der Waals surface area contributed by atoms with Gasteiger partial charge in [0.1, 0.15) is 29.8 Å². The number of nitrogens with zero attached hydrogens (tertiary/aromatic N) is 6. The number of likely N-dealkylation sites (tertiary alicyclic amines) is 1. The van der Waals surface area contributed by atoms with E-state index in [1.807, 2.05) is 12.1 Å². The molecule has 3 aliphatic rings. The molecule has 0 unspecified atom stereocenters.